The second-order valence-electron chi connectivity index (χ2n) is 1.66. The zero-order valence-electron chi connectivity index (χ0n) is 5.39. The van der Waals surface area contributed by atoms with Crippen LogP contribution in [0.5, 0.6) is 0 Å². The molecule has 0 saturated heterocycles. The van der Waals surface area contributed by atoms with Crippen molar-refractivity contribution in [2.24, 2.45) is 0 Å². The molecule has 0 N–H and O–H groups in total. The maximum absolute atomic E-state index is 5.06. The van der Waals surface area contributed by atoms with Gasteiger partial charge in [-0.3, -0.25) is 0 Å². The van der Waals surface area contributed by atoms with Gasteiger partial charge in [0, 0.05) is 6.61 Å². The topological polar surface area (TPSA) is 22.4 Å². The van der Waals surface area contributed by atoms with Crippen molar-refractivity contribution in [1.29, 1.82) is 0 Å². The van der Waals surface area contributed by atoms with Gasteiger partial charge in [0.25, 0.3) is 0 Å². The van der Waals surface area contributed by atoms with Crippen molar-refractivity contribution in [3.63, 3.8) is 0 Å². The molecular weight excluding hydrogens is 116 g/mol. The molecule has 49 valence electrons. The second kappa shape index (κ2) is 3.30. The molecule has 1 radical (unpaired) electrons. The van der Waals surface area contributed by atoms with Crippen molar-refractivity contribution in [3.8, 4) is 0 Å². The van der Waals surface area contributed by atoms with E-state index in [0.717, 1.165) is 12.4 Å². The van der Waals surface area contributed by atoms with Gasteiger partial charge in [0.15, 0.2) is 6.26 Å². The van der Waals surface area contributed by atoms with E-state index in [1.807, 2.05) is 13.0 Å². The Morgan fingerprint density at radius 3 is 3.22 bits per heavy atom. The fourth-order valence-electron chi connectivity index (χ4n) is 0.551. The van der Waals surface area contributed by atoms with Crippen LogP contribution in [0.25, 0.3) is 0 Å². The van der Waals surface area contributed by atoms with Crippen LogP contribution in [-0.2, 0) is 11.3 Å². The Bertz CT molecular complexity index is 144. The van der Waals surface area contributed by atoms with Crippen LogP contribution in [-0.4, -0.2) is 6.61 Å². The minimum Gasteiger partial charge on any atom is -0.455 e. The summed E-state index contributed by atoms with van der Waals surface area (Å²) >= 11 is 0. The molecule has 0 aromatic carbocycles. The van der Waals surface area contributed by atoms with E-state index in [4.69, 9.17) is 9.15 Å². The summed E-state index contributed by atoms with van der Waals surface area (Å²) in [4.78, 5) is 0. The molecule has 0 aliphatic rings. The Kier molecular flexibility index (Phi) is 2.33. The van der Waals surface area contributed by atoms with Crippen LogP contribution in [0.2, 0.25) is 0 Å². The Hall–Kier alpha value is -0.760. The zero-order chi connectivity index (χ0) is 6.53. The Balaban J connectivity index is 2.30. The first-order valence-electron chi connectivity index (χ1n) is 2.96. The summed E-state index contributed by atoms with van der Waals surface area (Å²) in [5.41, 5.74) is 0. The molecule has 1 aromatic heterocycles. The highest BCUT2D eigenvalue weighted by molar-refractivity contribution is 4.94. The van der Waals surface area contributed by atoms with Crippen molar-refractivity contribution < 1.29 is 9.15 Å². The highest BCUT2D eigenvalue weighted by atomic mass is 16.5. The van der Waals surface area contributed by atoms with Crippen LogP contribution in [0, 0.1) is 6.26 Å². The number of ether oxygens (including phenoxy) is 1. The minimum absolute atomic E-state index is 0.556. The lowest BCUT2D eigenvalue weighted by molar-refractivity contribution is 0.118. The van der Waals surface area contributed by atoms with Crippen molar-refractivity contribution >= 4 is 0 Å². The fourth-order valence-corrected chi connectivity index (χ4v) is 0.551. The molecule has 1 heterocycles. The normalized spacial score (nSPS) is 9.89. The van der Waals surface area contributed by atoms with E-state index in [0.29, 0.717) is 6.61 Å². The summed E-state index contributed by atoms with van der Waals surface area (Å²) in [7, 11) is 0. The van der Waals surface area contributed by atoms with Gasteiger partial charge in [-0.25, -0.2) is 0 Å². The molecule has 0 spiro atoms. The highest BCUT2D eigenvalue weighted by Crippen LogP contribution is 1.99. The molecule has 0 aliphatic heterocycles. The van der Waals surface area contributed by atoms with E-state index < -0.39 is 0 Å². The zero-order valence-corrected chi connectivity index (χ0v) is 5.39. The largest absolute Gasteiger partial charge is 0.455 e. The lowest BCUT2D eigenvalue weighted by Crippen LogP contribution is -1.88. The first-order chi connectivity index (χ1) is 4.43. The Morgan fingerprint density at radius 1 is 1.78 bits per heavy atom. The quantitative estimate of drug-likeness (QED) is 0.612. The maximum Gasteiger partial charge on any atom is 0.169 e. The molecule has 0 atom stereocenters. The Morgan fingerprint density at radius 2 is 2.67 bits per heavy atom. The summed E-state index contributed by atoms with van der Waals surface area (Å²) in [6.45, 7) is 3.23. The SMILES string of the molecule is CCOCc1cc[c]o1. The second-order valence-corrected chi connectivity index (χ2v) is 1.66. The first kappa shape index (κ1) is 6.36. The predicted molar refractivity (Wildman–Crippen MR) is 32.9 cm³/mol. The summed E-state index contributed by atoms with van der Waals surface area (Å²) in [5, 5.41) is 0. The molecule has 1 aromatic rings. The summed E-state index contributed by atoms with van der Waals surface area (Å²) in [6, 6.07) is 3.57. The van der Waals surface area contributed by atoms with E-state index in [-0.39, 0.29) is 0 Å². The Labute approximate surface area is 54.4 Å². The average molecular weight is 125 g/mol. The van der Waals surface area contributed by atoms with Crippen LogP contribution < -0.4 is 0 Å². The molecule has 0 saturated carbocycles. The maximum atomic E-state index is 5.06. The molecule has 0 aliphatic carbocycles. The molecule has 2 nitrogen and oxygen atoms in total. The van der Waals surface area contributed by atoms with Crippen molar-refractivity contribution in [2.45, 2.75) is 13.5 Å². The van der Waals surface area contributed by atoms with Crippen molar-refractivity contribution in [1.82, 2.24) is 0 Å². The van der Waals surface area contributed by atoms with Gasteiger partial charge < -0.3 is 9.15 Å². The van der Waals surface area contributed by atoms with Gasteiger partial charge in [-0.1, -0.05) is 0 Å². The number of rotatable bonds is 3. The summed E-state index contributed by atoms with van der Waals surface area (Å²) in [6.07, 6.45) is 2.58. The van der Waals surface area contributed by atoms with Crippen LogP contribution >= 0.6 is 0 Å². The number of hydrogen-bond acceptors (Lipinski definition) is 2. The number of hydrogen-bond donors (Lipinski definition) is 0. The lowest BCUT2D eigenvalue weighted by Gasteiger charge is -1.93. The van der Waals surface area contributed by atoms with E-state index in [9.17, 15) is 0 Å². The van der Waals surface area contributed by atoms with Gasteiger partial charge in [0.05, 0.1) is 0 Å². The monoisotopic (exact) mass is 125 g/mol. The molecular formula is C7H9O2. The highest BCUT2D eigenvalue weighted by Gasteiger charge is 1.91. The molecule has 0 bridgehead atoms. The summed E-state index contributed by atoms with van der Waals surface area (Å²) in [5.74, 6) is 0.830. The molecule has 0 amide bonds. The van der Waals surface area contributed by atoms with Gasteiger partial charge in [-0.15, -0.1) is 0 Å². The third-order valence-corrected chi connectivity index (χ3v) is 0.976. The van der Waals surface area contributed by atoms with Crippen molar-refractivity contribution in [2.75, 3.05) is 6.61 Å². The fraction of sp³-hybridized carbons (Fsp3) is 0.429. The molecule has 0 fully saturated rings. The summed E-state index contributed by atoms with van der Waals surface area (Å²) < 4.78 is 9.95. The van der Waals surface area contributed by atoms with Crippen LogP contribution in [0.4, 0.5) is 0 Å². The third kappa shape index (κ3) is 1.90. The average Bonchev–Trinajstić information content (AvgIpc) is 2.34. The van der Waals surface area contributed by atoms with E-state index in [1.165, 1.54) is 0 Å². The standard InChI is InChI=1S/C7H9O2/c1-2-8-6-7-4-3-5-9-7/h3-4H,2,6H2,1H3. The van der Waals surface area contributed by atoms with E-state index >= 15 is 0 Å². The van der Waals surface area contributed by atoms with Crippen LogP contribution in [0.15, 0.2) is 16.5 Å². The number of furan rings is 1. The van der Waals surface area contributed by atoms with E-state index in [1.54, 1.807) is 6.07 Å². The first-order valence-corrected chi connectivity index (χ1v) is 2.96. The van der Waals surface area contributed by atoms with Crippen molar-refractivity contribution in [3.05, 3.63) is 24.2 Å². The van der Waals surface area contributed by atoms with E-state index in [2.05, 4.69) is 6.26 Å². The molecule has 0 unspecified atom stereocenters. The van der Waals surface area contributed by atoms with Gasteiger partial charge >= 0.3 is 0 Å². The minimum atomic E-state index is 0.556. The van der Waals surface area contributed by atoms with Gasteiger partial charge in [-0.2, -0.15) is 0 Å². The molecule has 2 heteroatoms. The van der Waals surface area contributed by atoms with Crippen LogP contribution in [0.1, 0.15) is 12.7 Å². The van der Waals surface area contributed by atoms with Gasteiger partial charge in [0.2, 0.25) is 0 Å². The smallest absolute Gasteiger partial charge is 0.169 e. The molecule has 1 rings (SSSR count). The lowest BCUT2D eigenvalue weighted by atomic mass is 10.5. The van der Waals surface area contributed by atoms with Gasteiger partial charge in [0.1, 0.15) is 12.4 Å². The molecule has 9 heavy (non-hydrogen) atoms. The predicted octanol–water partition coefficient (Wildman–Crippen LogP) is 1.62. The van der Waals surface area contributed by atoms with Gasteiger partial charge in [-0.05, 0) is 19.1 Å². The third-order valence-electron chi connectivity index (χ3n) is 0.976. The van der Waals surface area contributed by atoms with Crippen LogP contribution in [0.3, 0.4) is 0 Å².